The number of rotatable bonds is 3. The van der Waals surface area contributed by atoms with Crippen molar-refractivity contribution in [3.8, 4) is 0 Å². The Bertz CT molecular complexity index is 167. The fourth-order valence-electron chi connectivity index (χ4n) is 1.75. The molecule has 0 aromatic heterocycles. The van der Waals surface area contributed by atoms with Crippen LogP contribution in [0.1, 0.15) is 26.7 Å². The van der Waals surface area contributed by atoms with Crippen LogP contribution in [-0.2, 0) is 0 Å². The van der Waals surface area contributed by atoms with Gasteiger partial charge in [0.1, 0.15) is 0 Å². The molecule has 1 aliphatic heterocycles. The molecule has 0 spiro atoms. The van der Waals surface area contributed by atoms with Crippen molar-refractivity contribution in [1.82, 2.24) is 5.32 Å². The average Bonchev–Trinajstić information content (AvgIpc) is 2.30. The maximum atomic E-state index is 7.61. The van der Waals surface area contributed by atoms with Gasteiger partial charge in [0.25, 0.3) is 0 Å². The van der Waals surface area contributed by atoms with Crippen LogP contribution in [0.4, 0.5) is 0 Å². The van der Waals surface area contributed by atoms with Gasteiger partial charge in [0.15, 0.2) is 0 Å². The minimum absolute atomic E-state index is 0.396. The van der Waals surface area contributed by atoms with Gasteiger partial charge >= 0.3 is 0 Å². The molecule has 0 saturated carbocycles. The molecule has 1 fully saturated rings. The van der Waals surface area contributed by atoms with Crippen molar-refractivity contribution in [2.45, 2.75) is 32.7 Å². The number of hydrogen-bond donors (Lipinski definition) is 3. The third kappa shape index (κ3) is 1.78. The molecule has 0 unspecified atom stereocenters. The van der Waals surface area contributed by atoms with E-state index in [0.717, 1.165) is 19.4 Å². The lowest BCUT2D eigenvalue weighted by Crippen LogP contribution is -2.28. The van der Waals surface area contributed by atoms with Crippen molar-refractivity contribution >= 4 is 5.84 Å². The molecule has 12 heavy (non-hydrogen) atoms. The van der Waals surface area contributed by atoms with Gasteiger partial charge in [-0.05, 0) is 25.3 Å². The van der Waals surface area contributed by atoms with Crippen LogP contribution in [0.15, 0.2) is 0 Å². The molecule has 1 aliphatic rings. The summed E-state index contributed by atoms with van der Waals surface area (Å²) in [7, 11) is 0. The lowest BCUT2D eigenvalue weighted by atomic mass is 9.91. The first-order valence-corrected chi connectivity index (χ1v) is 4.72. The molecule has 0 amide bonds. The highest BCUT2D eigenvalue weighted by molar-refractivity contribution is 5.84. The lowest BCUT2D eigenvalue weighted by Gasteiger charge is -2.15. The predicted molar refractivity (Wildman–Crippen MR) is 51.3 cm³/mol. The van der Waals surface area contributed by atoms with Gasteiger partial charge in [-0.1, -0.05) is 13.8 Å². The molecule has 0 aromatic rings. The first-order chi connectivity index (χ1) is 5.66. The van der Waals surface area contributed by atoms with E-state index >= 15 is 0 Å². The van der Waals surface area contributed by atoms with Crippen LogP contribution >= 0.6 is 0 Å². The molecule has 0 aliphatic carbocycles. The third-order valence-electron chi connectivity index (χ3n) is 2.94. The smallest absolute Gasteiger partial charge is 0.0966 e. The fraction of sp³-hybridized carbons (Fsp3) is 0.889. The molecule has 3 nitrogen and oxygen atoms in total. The molecule has 1 rings (SSSR count). The lowest BCUT2D eigenvalue weighted by molar-refractivity contribution is 0.397. The highest BCUT2D eigenvalue weighted by atomic mass is 15.0. The number of nitrogens with one attached hydrogen (secondary N) is 2. The summed E-state index contributed by atoms with van der Waals surface area (Å²) >= 11 is 0. The zero-order valence-electron chi connectivity index (χ0n) is 7.93. The summed E-state index contributed by atoms with van der Waals surface area (Å²) in [5.41, 5.74) is 5.44. The van der Waals surface area contributed by atoms with Gasteiger partial charge in [0.2, 0.25) is 0 Å². The van der Waals surface area contributed by atoms with Crippen LogP contribution in [0.5, 0.6) is 0 Å². The summed E-state index contributed by atoms with van der Waals surface area (Å²) in [5.74, 6) is 1.68. The largest absolute Gasteiger partial charge is 0.371 e. The predicted octanol–water partition coefficient (Wildman–Crippen LogP) is 0.947. The molecule has 0 bridgehead atoms. The third-order valence-corrected chi connectivity index (χ3v) is 2.94. The van der Waals surface area contributed by atoms with Crippen molar-refractivity contribution in [3.05, 3.63) is 0 Å². The Kier molecular flexibility index (Phi) is 3.09. The van der Waals surface area contributed by atoms with Crippen molar-refractivity contribution in [1.29, 1.82) is 5.41 Å². The Labute approximate surface area is 74.2 Å². The quantitative estimate of drug-likeness (QED) is 0.589. The molecule has 70 valence electrons. The molecule has 3 heteroatoms. The number of nitrogens with two attached hydrogens (primary N) is 1. The standard InChI is InChI=1S/C9H19N3/c1-6-7(2)9(11)12-8(6)4-3-5-10/h6-8H,3-5,10H2,1-2H3,(H2,11,12)/t6-,7+,8-/m0/s1. The van der Waals surface area contributed by atoms with E-state index in [4.69, 9.17) is 11.1 Å². The van der Waals surface area contributed by atoms with E-state index in [1.54, 1.807) is 0 Å². The molecular formula is C9H19N3. The SMILES string of the molecule is C[C@@H]1[C@H](CCCN)NC(=N)[C@@H]1C. The second kappa shape index (κ2) is 3.90. The zero-order valence-corrected chi connectivity index (χ0v) is 7.93. The first kappa shape index (κ1) is 9.52. The second-order valence-corrected chi connectivity index (χ2v) is 3.74. The summed E-state index contributed by atoms with van der Waals surface area (Å²) in [6.45, 7) is 5.08. The molecule has 0 aromatic carbocycles. The van der Waals surface area contributed by atoms with E-state index in [-0.39, 0.29) is 0 Å². The molecule has 1 heterocycles. The Morgan fingerprint density at radius 1 is 1.50 bits per heavy atom. The maximum Gasteiger partial charge on any atom is 0.0966 e. The van der Waals surface area contributed by atoms with Crippen molar-refractivity contribution in [2.75, 3.05) is 6.54 Å². The average molecular weight is 169 g/mol. The van der Waals surface area contributed by atoms with Crippen LogP contribution in [0.3, 0.4) is 0 Å². The monoisotopic (exact) mass is 169 g/mol. The Morgan fingerprint density at radius 3 is 2.58 bits per heavy atom. The topological polar surface area (TPSA) is 61.9 Å². The van der Waals surface area contributed by atoms with E-state index in [2.05, 4.69) is 19.2 Å². The van der Waals surface area contributed by atoms with E-state index in [1.807, 2.05) is 0 Å². The van der Waals surface area contributed by atoms with Gasteiger partial charge in [-0.15, -0.1) is 0 Å². The van der Waals surface area contributed by atoms with Crippen molar-refractivity contribution in [3.63, 3.8) is 0 Å². The van der Waals surface area contributed by atoms with Crippen LogP contribution < -0.4 is 11.1 Å². The highest BCUT2D eigenvalue weighted by Gasteiger charge is 2.32. The zero-order chi connectivity index (χ0) is 9.14. The van der Waals surface area contributed by atoms with Gasteiger partial charge < -0.3 is 11.1 Å². The molecule has 1 saturated heterocycles. The van der Waals surface area contributed by atoms with E-state index in [9.17, 15) is 0 Å². The van der Waals surface area contributed by atoms with Gasteiger partial charge in [-0.2, -0.15) is 0 Å². The van der Waals surface area contributed by atoms with Crippen molar-refractivity contribution < 1.29 is 0 Å². The molecule has 4 N–H and O–H groups in total. The van der Waals surface area contributed by atoms with E-state index < -0.39 is 0 Å². The van der Waals surface area contributed by atoms with Crippen molar-refractivity contribution in [2.24, 2.45) is 17.6 Å². The van der Waals surface area contributed by atoms with Gasteiger partial charge in [-0.25, -0.2) is 0 Å². The van der Waals surface area contributed by atoms with Crippen LogP contribution in [0.2, 0.25) is 0 Å². The van der Waals surface area contributed by atoms with Gasteiger partial charge in [0, 0.05) is 12.0 Å². The minimum Gasteiger partial charge on any atom is -0.371 e. The summed E-state index contributed by atoms with van der Waals surface area (Å²) in [6, 6.07) is 0.482. The van der Waals surface area contributed by atoms with E-state index in [0.29, 0.717) is 23.7 Å². The van der Waals surface area contributed by atoms with Gasteiger partial charge in [0.05, 0.1) is 5.84 Å². The summed E-state index contributed by atoms with van der Waals surface area (Å²) < 4.78 is 0. The first-order valence-electron chi connectivity index (χ1n) is 4.72. The van der Waals surface area contributed by atoms with Crippen LogP contribution in [0.25, 0.3) is 0 Å². The molecular weight excluding hydrogens is 150 g/mol. The second-order valence-electron chi connectivity index (χ2n) is 3.74. The Balaban J connectivity index is 2.41. The summed E-state index contributed by atoms with van der Waals surface area (Å²) in [5, 5.41) is 10.8. The van der Waals surface area contributed by atoms with Crippen LogP contribution in [-0.4, -0.2) is 18.4 Å². The minimum atomic E-state index is 0.396. The fourth-order valence-corrected chi connectivity index (χ4v) is 1.75. The van der Waals surface area contributed by atoms with Gasteiger partial charge in [-0.3, -0.25) is 5.41 Å². The number of amidine groups is 1. The van der Waals surface area contributed by atoms with Crippen LogP contribution in [0, 0.1) is 17.2 Å². The normalized spacial score (nSPS) is 35.2. The Morgan fingerprint density at radius 2 is 2.17 bits per heavy atom. The molecule has 3 atom stereocenters. The Hall–Kier alpha value is -0.570. The highest BCUT2D eigenvalue weighted by Crippen LogP contribution is 2.25. The van der Waals surface area contributed by atoms with E-state index in [1.165, 1.54) is 0 Å². The number of hydrogen-bond acceptors (Lipinski definition) is 2. The molecule has 0 radical (unpaired) electrons. The summed E-state index contributed by atoms with van der Waals surface area (Å²) in [4.78, 5) is 0. The summed E-state index contributed by atoms with van der Waals surface area (Å²) in [6.07, 6.45) is 2.16. The maximum absolute atomic E-state index is 7.61.